The third-order valence-electron chi connectivity index (χ3n) is 5.25. The van der Waals surface area contributed by atoms with E-state index in [1.165, 1.54) is 6.26 Å². The zero-order valence-corrected chi connectivity index (χ0v) is 18.0. The molecule has 0 aliphatic heterocycles. The first-order valence-electron chi connectivity index (χ1n) is 9.33. The molecule has 0 heterocycles. The Bertz CT molecular complexity index is 877. The largest absolute Gasteiger partial charge is 0.496 e. The minimum atomic E-state index is -3.18. The maximum absolute atomic E-state index is 11.6. The lowest BCUT2D eigenvalue weighted by atomic mass is 9.91. The van der Waals surface area contributed by atoms with Crippen LogP contribution in [0.3, 0.4) is 0 Å². The predicted molar refractivity (Wildman–Crippen MR) is 116 cm³/mol. The van der Waals surface area contributed by atoms with E-state index in [0.29, 0.717) is 17.0 Å². The second-order valence-corrected chi connectivity index (χ2v) is 9.33. The first-order valence-corrected chi connectivity index (χ1v) is 11.2. The van der Waals surface area contributed by atoms with Gasteiger partial charge in [0.05, 0.1) is 12.0 Å². The van der Waals surface area contributed by atoms with Crippen molar-refractivity contribution in [2.45, 2.75) is 49.2 Å². The lowest BCUT2D eigenvalue weighted by Crippen LogP contribution is -2.37. The van der Waals surface area contributed by atoms with Gasteiger partial charge in [-0.1, -0.05) is 18.2 Å². The topological polar surface area (TPSA) is 81.4 Å². The van der Waals surface area contributed by atoms with E-state index in [9.17, 15) is 8.42 Å². The molecular formula is C21H29ClN2O3S. The van der Waals surface area contributed by atoms with Crippen molar-refractivity contribution in [3.8, 4) is 16.9 Å². The fraction of sp³-hybridized carbons (Fsp3) is 0.429. The minimum Gasteiger partial charge on any atom is -0.496 e. The number of sulfone groups is 1. The Morgan fingerprint density at radius 2 is 1.64 bits per heavy atom. The van der Waals surface area contributed by atoms with Crippen LogP contribution in [0.4, 0.5) is 0 Å². The van der Waals surface area contributed by atoms with E-state index in [-0.39, 0.29) is 12.4 Å². The maximum atomic E-state index is 11.6. The molecular weight excluding hydrogens is 396 g/mol. The fourth-order valence-electron chi connectivity index (χ4n) is 3.57. The number of hydrogen-bond donors (Lipinski definition) is 2. The Labute approximate surface area is 174 Å². The number of methoxy groups -OCH3 is 1. The molecule has 0 atom stereocenters. The number of rotatable bonds is 6. The van der Waals surface area contributed by atoms with Crippen LogP contribution in [-0.4, -0.2) is 33.9 Å². The van der Waals surface area contributed by atoms with E-state index in [0.717, 1.165) is 54.7 Å². The predicted octanol–water partition coefficient (Wildman–Crippen LogP) is 3.55. The second-order valence-electron chi connectivity index (χ2n) is 7.32. The number of halogens is 1. The van der Waals surface area contributed by atoms with Gasteiger partial charge in [-0.3, -0.25) is 0 Å². The van der Waals surface area contributed by atoms with Gasteiger partial charge in [-0.05, 0) is 61.1 Å². The quantitative estimate of drug-likeness (QED) is 0.741. The Morgan fingerprint density at radius 1 is 1.04 bits per heavy atom. The molecule has 0 spiro atoms. The Hall–Kier alpha value is -1.60. The summed E-state index contributed by atoms with van der Waals surface area (Å²) in [7, 11) is -1.50. The van der Waals surface area contributed by atoms with Crippen LogP contribution in [0.15, 0.2) is 47.4 Å². The first kappa shape index (κ1) is 22.7. The highest BCUT2D eigenvalue weighted by Crippen LogP contribution is 2.28. The van der Waals surface area contributed by atoms with Crippen molar-refractivity contribution < 1.29 is 13.2 Å². The first-order chi connectivity index (χ1) is 12.9. The van der Waals surface area contributed by atoms with E-state index in [2.05, 4.69) is 11.4 Å². The van der Waals surface area contributed by atoms with Gasteiger partial charge in [-0.2, -0.15) is 0 Å². The molecule has 0 bridgehead atoms. The zero-order valence-electron chi connectivity index (χ0n) is 16.4. The van der Waals surface area contributed by atoms with Crippen molar-refractivity contribution in [2.24, 2.45) is 5.73 Å². The van der Waals surface area contributed by atoms with Crippen LogP contribution in [-0.2, 0) is 16.4 Å². The molecule has 0 aromatic heterocycles. The highest BCUT2D eigenvalue weighted by Gasteiger charge is 2.18. The van der Waals surface area contributed by atoms with Crippen LogP contribution >= 0.6 is 12.4 Å². The smallest absolute Gasteiger partial charge is 0.175 e. The molecule has 0 amide bonds. The summed E-state index contributed by atoms with van der Waals surface area (Å²) in [5.74, 6) is 0.853. The molecule has 3 N–H and O–H groups in total. The van der Waals surface area contributed by atoms with Crippen molar-refractivity contribution in [2.75, 3.05) is 13.4 Å². The Kier molecular flexibility index (Phi) is 7.89. The summed E-state index contributed by atoms with van der Waals surface area (Å²) in [6.45, 7) is 0.734. The molecule has 154 valence electrons. The molecule has 1 aliphatic carbocycles. The molecule has 0 radical (unpaired) electrons. The van der Waals surface area contributed by atoms with Crippen LogP contribution in [0.5, 0.6) is 5.75 Å². The number of nitrogens with two attached hydrogens (primary N) is 1. The molecule has 5 nitrogen and oxygen atoms in total. The summed E-state index contributed by atoms with van der Waals surface area (Å²) in [6.07, 6.45) is 5.58. The van der Waals surface area contributed by atoms with E-state index in [1.807, 2.05) is 24.3 Å². The van der Waals surface area contributed by atoms with E-state index in [1.54, 1.807) is 19.2 Å². The summed E-state index contributed by atoms with van der Waals surface area (Å²) < 4.78 is 28.8. The number of ether oxygens (including phenoxy) is 1. The molecule has 2 aromatic rings. The minimum absolute atomic E-state index is 0. The molecule has 1 aliphatic rings. The standard InChI is InChI=1S/C21H28N2O3S.ClH/c1-26-21-12-5-16(15-3-10-20(11-4-15)27(2,24)25)13-17(21)14-23-19-8-6-18(22)7-9-19;/h3-5,10-13,18-19,23H,6-9,14,22H2,1-2H3;1H. The fourth-order valence-corrected chi connectivity index (χ4v) is 4.20. The zero-order chi connectivity index (χ0) is 19.4. The van der Waals surface area contributed by atoms with Crippen molar-refractivity contribution in [3.05, 3.63) is 48.0 Å². The van der Waals surface area contributed by atoms with Gasteiger partial charge in [0.15, 0.2) is 9.84 Å². The summed E-state index contributed by atoms with van der Waals surface area (Å²) in [6, 6.07) is 13.9. The monoisotopic (exact) mass is 424 g/mol. The number of hydrogen-bond acceptors (Lipinski definition) is 5. The normalized spacial score (nSPS) is 19.7. The lowest BCUT2D eigenvalue weighted by Gasteiger charge is -2.27. The lowest BCUT2D eigenvalue weighted by molar-refractivity contribution is 0.338. The number of benzene rings is 2. The summed E-state index contributed by atoms with van der Waals surface area (Å²) in [5, 5.41) is 3.63. The van der Waals surface area contributed by atoms with Gasteiger partial charge in [0.25, 0.3) is 0 Å². The van der Waals surface area contributed by atoms with Crippen LogP contribution in [0, 0.1) is 0 Å². The average Bonchev–Trinajstić information content (AvgIpc) is 2.67. The molecule has 1 fully saturated rings. The molecule has 1 saturated carbocycles. The van der Waals surface area contributed by atoms with Gasteiger partial charge in [0, 0.05) is 30.4 Å². The van der Waals surface area contributed by atoms with Gasteiger partial charge in [-0.25, -0.2) is 8.42 Å². The molecule has 7 heteroatoms. The van der Waals surface area contributed by atoms with Crippen molar-refractivity contribution in [3.63, 3.8) is 0 Å². The van der Waals surface area contributed by atoms with E-state index < -0.39 is 9.84 Å². The maximum Gasteiger partial charge on any atom is 0.175 e. The van der Waals surface area contributed by atoms with Crippen LogP contribution in [0.2, 0.25) is 0 Å². The van der Waals surface area contributed by atoms with Gasteiger partial charge in [0.1, 0.15) is 5.75 Å². The van der Waals surface area contributed by atoms with Crippen molar-refractivity contribution in [1.82, 2.24) is 5.32 Å². The third-order valence-corrected chi connectivity index (χ3v) is 6.38. The van der Waals surface area contributed by atoms with Crippen LogP contribution < -0.4 is 15.8 Å². The van der Waals surface area contributed by atoms with Crippen molar-refractivity contribution in [1.29, 1.82) is 0 Å². The third kappa shape index (κ3) is 5.70. The van der Waals surface area contributed by atoms with Crippen LogP contribution in [0.1, 0.15) is 31.2 Å². The summed E-state index contributed by atoms with van der Waals surface area (Å²) in [5.41, 5.74) is 9.10. The molecule has 0 unspecified atom stereocenters. The van der Waals surface area contributed by atoms with Gasteiger partial charge in [0.2, 0.25) is 0 Å². The van der Waals surface area contributed by atoms with Crippen molar-refractivity contribution >= 4 is 22.2 Å². The second kappa shape index (κ2) is 9.74. The SMILES string of the molecule is COc1ccc(-c2ccc(S(C)(=O)=O)cc2)cc1CNC1CCC(N)CC1.Cl. The van der Waals surface area contributed by atoms with Gasteiger partial charge < -0.3 is 15.8 Å². The molecule has 3 rings (SSSR count). The van der Waals surface area contributed by atoms with E-state index in [4.69, 9.17) is 10.5 Å². The van der Waals surface area contributed by atoms with Crippen LogP contribution in [0.25, 0.3) is 11.1 Å². The van der Waals surface area contributed by atoms with E-state index >= 15 is 0 Å². The summed E-state index contributed by atoms with van der Waals surface area (Å²) in [4.78, 5) is 0.331. The number of nitrogens with one attached hydrogen (secondary N) is 1. The molecule has 28 heavy (non-hydrogen) atoms. The average molecular weight is 425 g/mol. The summed E-state index contributed by atoms with van der Waals surface area (Å²) >= 11 is 0. The molecule has 0 saturated heterocycles. The van der Waals surface area contributed by atoms with Gasteiger partial charge in [-0.15, -0.1) is 12.4 Å². The van der Waals surface area contributed by atoms with Gasteiger partial charge >= 0.3 is 0 Å². The Balaban J connectivity index is 0.00000280. The highest BCUT2D eigenvalue weighted by molar-refractivity contribution is 7.90. The highest BCUT2D eigenvalue weighted by atomic mass is 35.5. The molecule has 2 aromatic carbocycles. The Morgan fingerprint density at radius 3 is 2.21 bits per heavy atom.